The molecule has 19 heavy (non-hydrogen) atoms. The van der Waals surface area contributed by atoms with Crippen LogP contribution in [0.2, 0.25) is 0 Å². The molecule has 0 atom stereocenters. The van der Waals surface area contributed by atoms with Gasteiger partial charge in [0.1, 0.15) is 5.75 Å². The number of methoxy groups -OCH3 is 1. The fourth-order valence-corrected chi connectivity index (χ4v) is 2.58. The Kier molecular flexibility index (Phi) is 2.95. The zero-order valence-electron chi connectivity index (χ0n) is 10.8. The van der Waals surface area contributed by atoms with Gasteiger partial charge >= 0.3 is 0 Å². The van der Waals surface area contributed by atoms with Gasteiger partial charge in [0.05, 0.1) is 18.5 Å². The van der Waals surface area contributed by atoms with Crippen molar-refractivity contribution in [2.24, 2.45) is 0 Å². The van der Waals surface area contributed by atoms with E-state index in [0.717, 1.165) is 36.4 Å². The molecular weight excluding hydrogens is 238 g/mol. The van der Waals surface area contributed by atoms with Crippen LogP contribution in [0.4, 0.5) is 11.4 Å². The summed E-state index contributed by atoms with van der Waals surface area (Å²) < 4.78 is 5.26. The first-order valence-electron chi connectivity index (χ1n) is 6.33. The van der Waals surface area contributed by atoms with Crippen molar-refractivity contribution >= 4 is 17.8 Å². The molecule has 0 unspecified atom stereocenters. The van der Waals surface area contributed by atoms with E-state index in [1.807, 2.05) is 36.4 Å². The van der Waals surface area contributed by atoms with Crippen LogP contribution >= 0.6 is 0 Å². The summed E-state index contributed by atoms with van der Waals surface area (Å²) in [6, 6.07) is 13.9. The molecule has 0 fully saturated rings. The van der Waals surface area contributed by atoms with E-state index in [0.29, 0.717) is 0 Å². The van der Waals surface area contributed by atoms with Crippen molar-refractivity contribution in [2.45, 2.75) is 12.8 Å². The molecule has 0 bridgehead atoms. The number of carbonyl (C=O) groups excluding carboxylic acids is 1. The molecule has 0 saturated heterocycles. The second-order valence-electron chi connectivity index (χ2n) is 4.60. The van der Waals surface area contributed by atoms with Crippen molar-refractivity contribution in [3.63, 3.8) is 0 Å². The molecule has 1 amide bonds. The van der Waals surface area contributed by atoms with Crippen molar-refractivity contribution in [2.75, 3.05) is 12.0 Å². The molecule has 96 valence electrons. The predicted molar refractivity (Wildman–Crippen MR) is 75.0 cm³/mol. The van der Waals surface area contributed by atoms with Gasteiger partial charge in [-0.2, -0.15) is 0 Å². The monoisotopic (exact) mass is 253 g/mol. The summed E-state index contributed by atoms with van der Waals surface area (Å²) >= 11 is 0. The lowest BCUT2D eigenvalue weighted by atomic mass is 10.0. The van der Waals surface area contributed by atoms with E-state index in [4.69, 9.17) is 4.74 Å². The standard InChI is InChI=1S/C16H15NO2/c1-19-14-9-8-13-7-6-12-4-2-3-5-15(12)17(11-18)16(13)10-14/h2-5,8-11H,6-7H2,1H3. The molecule has 3 rings (SSSR count). The molecule has 1 aliphatic heterocycles. The number of hydrogen-bond acceptors (Lipinski definition) is 2. The van der Waals surface area contributed by atoms with Crippen molar-refractivity contribution in [1.29, 1.82) is 0 Å². The highest BCUT2D eigenvalue weighted by Gasteiger charge is 2.20. The SMILES string of the molecule is COc1ccc2c(c1)N(C=O)c1ccccc1CC2. The Labute approximate surface area is 112 Å². The average Bonchev–Trinajstić information content (AvgIpc) is 2.62. The summed E-state index contributed by atoms with van der Waals surface area (Å²) in [5.41, 5.74) is 4.25. The highest BCUT2D eigenvalue weighted by molar-refractivity contribution is 5.90. The second-order valence-corrected chi connectivity index (χ2v) is 4.60. The van der Waals surface area contributed by atoms with E-state index in [1.165, 1.54) is 11.1 Å². The number of amides is 1. The molecule has 1 aliphatic rings. The van der Waals surface area contributed by atoms with E-state index < -0.39 is 0 Å². The highest BCUT2D eigenvalue weighted by atomic mass is 16.5. The first-order chi connectivity index (χ1) is 9.33. The lowest BCUT2D eigenvalue weighted by molar-refractivity contribution is -0.106. The number of hydrogen-bond donors (Lipinski definition) is 0. The lowest BCUT2D eigenvalue weighted by Crippen LogP contribution is -2.15. The summed E-state index contributed by atoms with van der Waals surface area (Å²) in [5, 5.41) is 0. The maximum atomic E-state index is 11.5. The highest BCUT2D eigenvalue weighted by Crippen LogP contribution is 2.36. The summed E-state index contributed by atoms with van der Waals surface area (Å²) in [6.07, 6.45) is 2.75. The molecule has 1 heterocycles. The van der Waals surface area contributed by atoms with Crippen LogP contribution in [-0.2, 0) is 17.6 Å². The topological polar surface area (TPSA) is 29.5 Å². The molecule has 0 N–H and O–H groups in total. The van der Waals surface area contributed by atoms with Crippen LogP contribution in [0.5, 0.6) is 5.75 Å². The van der Waals surface area contributed by atoms with E-state index in [2.05, 4.69) is 6.07 Å². The number of carbonyl (C=O) groups is 1. The third-order valence-electron chi connectivity index (χ3n) is 3.57. The third-order valence-corrected chi connectivity index (χ3v) is 3.57. The van der Waals surface area contributed by atoms with Gasteiger partial charge in [-0.05, 0) is 36.1 Å². The Morgan fingerprint density at radius 3 is 2.53 bits per heavy atom. The molecule has 0 radical (unpaired) electrons. The minimum Gasteiger partial charge on any atom is -0.497 e. The fourth-order valence-electron chi connectivity index (χ4n) is 2.58. The van der Waals surface area contributed by atoms with Crippen LogP contribution in [0, 0.1) is 0 Å². The Morgan fingerprint density at radius 1 is 1.05 bits per heavy atom. The smallest absolute Gasteiger partial charge is 0.218 e. The molecule has 2 aromatic rings. The van der Waals surface area contributed by atoms with Gasteiger partial charge < -0.3 is 4.74 Å². The fraction of sp³-hybridized carbons (Fsp3) is 0.188. The maximum absolute atomic E-state index is 11.5. The number of ether oxygens (including phenoxy) is 1. The normalized spacial score (nSPS) is 13.2. The summed E-state index contributed by atoms with van der Waals surface area (Å²) in [5.74, 6) is 0.769. The van der Waals surface area contributed by atoms with Gasteiger partial charge in [0.25, 0.3) is 0 Å². The van der Waals surface area contributed by atoms with Gasteiger partial charge in [-0.15, -0.1) is 0 Å². The number of anilines is 2. The number of benzene rings is 2. The Balaban J connectivity index is 2.19. The molecular formula is C16H15NO2. The molecule has 0 saturated carbocycles. The summed E-state index contributed by atoms with van der Waals surface area (Å²) in [4.78, 5) is 13.2. The lowest BCUT2D eigenvalue weighted by Gasteiger charge is -2.20. The van der Waals surface area contributed by atoms with Crippen LogP contribution in [0.15, 0.2) is 42.5 Å². The largest absolute Gasteiger partial charge is 0.497 e. The molecule has 3 heteroatoms. The molecule has 3 nitrogen and oxygen atoms in total. The number of rotatable bonds is 2. The maximum Gasteiger partial charge on any atom is 0.218 e. The predicted octanol–water partition coefficient (Wildman–Crippen LogP) is 3.09. The van der Waals surface area contributed by atoms with Gasteiger partial charge in [-0.1, -0.05) is 24.3 Å². The second kappa shape index (κ2) is 4.76. The van der Waals surface area contributed by atoms with Crippen molar-refractivity contribution in [1.82, 2.24) is 0 Å². The van der Waals surface area contributed by atoms with E-state index in [-0.39, 0.29) is 0 Å². The zero-order chi connectivity index (χ0) is 13.2. The first kappa shape index (κ1) is 11.8. The van der Waals surface area contributed by atoms with Gasteiger partial charge in [-0.3, -0.25) is 9.69 Å². The Hall–Kier alpha value is -2.29. The third kappa shape index (κ3) is 1.97. The van der Waals surface area contributed by atoms with Crippen LogP contribution in [0.1, 0.15) is 11.1 Å². The average molecular weight is 253 g/mol. The quantitative estimate of drug-likeness (QED) is 0.770. The minimum atomic E-state index is 0.769. The van der Waals surface area contributed by atoms with Crippen LogP contribution in [0.3, 0.4) is 0 Å². The molecule has 0 aromatic heterocycles. The Morgan fingerprint density at radius 2 is 1.79 bits per heavy atom. The molecule has 2 aromatic carbocycles. The zero-order valence-corrected chi connectivity index (χ0v) is 10.8. The molecule has 0 aliphatic carbocycles. The van der Waals surface area contributed by atoms with E-state index >= 15 is 0 Å². The minimum absolute atomic E-state index is 0.769. The summed E-state index contributed by atoms with van der Waals surface area (Å²) in [7, 11) is 1.64. The van der Waals surface area contributed by atoms with Gasteiger partial charge in [0, 0.05) is 6.07 Å². The van der Waals surface area contributed by atoms with Crippen LogP contribution in [-0.4, -0.2) is 13.5 Å². The van der Waals surface area contributed by atoms with Crippen molar-refractivity contribution < 1.29 is 9.53 Å². The van der Waals surface area contributed by atoms with E-state index in [9.17, 15) is 4.79 Å². The van der Waals surface area contributed by atoms with Gasteiger partial charge in [0.15, 0.2) is 0 Å². The van der Waals surface area contributed by atoms with Crippen LogP contribution in [0.25, 0.3) is 0 Å². The van der Waals surface area contributed by atoms with Gasteiger partial charge in [0.2, 0.25) is 6.41 Å². The first-order valence-corrected chi connectivity index (χ1v) is 6.33. The number of para-hydroxylation sites is 1. The number of aryl methyl sites for hydroxylation is 2. The van der Waals surface area contributed by atoms with Crippen LogP contribution < -0.4 is 9.64 Å². The number of nitrogens with zero attached hydrogens (tertiary/aromatic N) is 1. The Bertz CT molecular complexity index is 622. The van der Waals surface area contributed by atoms with Crippen molar-refractivity contribution in [3.05, 3.63) is 53.6 Å². The van der Waals surface area contributed by atoms with E-state index in [1.54, 1.807) is 12.0 Å². The van der Waals surface area contributed by atoms with Crippen molar-refractivity contribution in [3.8, 4) is 5.75 Å². The van der Waals surface area contributed by atoms with Gasteiger partial charge in [-0.25, -0.2) is 0 Å². The molecule has 0 spiro atoms. The summed E-state index contributed by atoms with van der Waals surface area (Å²) in [6.45, 7) is 0. The number of fused-ring (bicyclic) bond motifs is 2.